The molecule has 0 aliphatic carbocycles. The van der Waals surface area contributed by atoms with Gasteiger partial charge in [-0.3, -0.25) is 14.6 Å². The largest absolute Gasteiger partial charge is 0.349 e. The van der Waals surface area contributed by atoms with E-state index in [4.69, 9.17) is 0 Å². The molecule has 0 radical (unpaired) electrons. The smallest absolute Gasteiger partial charge is 0.236 e. The van der Waals surface area contributed by atoms with E-state index in [0.717, 1.165) is 5.69 Å². The van der Waals surface area contributed by atoms with Crippen LogP contribution in [0, 0.1) is 5.92 Å². The Morgan fingerprint density at radius 3 is 3.00 bits per heavy atom. The van der Waals surface area contributed by atoms with Crippen LogP contribution in [0.25, 0.3) is 0 Å². The molecule has 1 N–H and O–H groups in total. The third-order valence-corrected chi connectivity index (χ3v) is 3.66. The minimum absolute atomic E-state index is 0.216. The van der Waals surface area contributed by atoms with Gasteiger partial charge in [-0.05, 0) is 12.1 Å². The monoisotopic (exact) mass is 285 g/mol. The highest BCUT2D eigenvalue weighted by atomic mass is 32.1. The fourth-order valence-electron chi connectivity index (χ4n) is 1.98. The van der Waals surface area contributed by atoms with Gasteiger partial charge in [0.1, 0.15) is 5.92 Å². The van der Waals surface area contributed by atoms with Crippen molar-refractivity contribution in [1.29, 1.82) is 0 Å². The summed E-state index contributed by atoms with van der Waals surface area (Å²) in [4.78, 5) is 32.6. The first kappa shape index (κ1) is 12.7. The van der Waals surface area contributed by atoms with E-state index >= 15 is 0 Å². The first-order valence-electron chi connectivity index (χ1n) is 6.08. The number of fused-ring (bicyclic) bond motifs is 1. The van der Waals surface area contributed by atoms with Crippen molar-refractivity contribution in [2.75, 3.05) is 0 Å². The van der Waals surface area contributed by atoms with Gasteiger partial charge in [0.2, 0.25) is 5.91 Å². The van der Waals surface area contributed by atoms with Crippen LogP contribution in [0.5, 0.6) is 0 Å². The van der Waals surface area contributed by atoms with E-state index in [-0.39, 0.29) is 11.7 Å². The predicted octanol–water partition coefficient (Wildman–Crippen LogP) is 1.97. The van der Waals surface area contributed by atoms with Gasteiger partial charge in [0.25, 0.3) is 0 Å². The first-order chi connectivity index (χ1) is 9.75. The minimum atomic E-state index is -0.858. The summed E-state index contributed by atoms with van der Waals surface area (Å²) in [6, 6.07) is 7.02. The number of carbonyl (C=O) groups excluding carboxylic acids is 2. The normalized spacial score (nSPS) is 16.8. The van der Waals surface area contributed by atoms with Gasteiger partial charge >= 0.3 is 0 Å². The summed E-state index contributed by atoms with van der Waals surface area (Å²) in [5, 5.41) is 4.56. The van der Waals surface area contributed by atoms with E-state index in [1.165, 1.54) is 17.6 Å². The summed E-state index contributed by atoms with van der Waals surface area (Å²) in [6.07, 6.45) is 1.40. The van der Waals surface area contributed by atoms with Gasteiger partial charge in [-0.2, -0.15) is 0 Å². The third kappa shape index (κ3) is 2.37. The molecule has 2 aromatic rings. The number of carbonyl (C=O) groups is 2. The lowest BCUT2D eigenvalue weighted by Crippen LogP contribution is -2.37. The molecule has 1 amide bonds. The zero-order chi connectivity index (χ0) is 13.9. The van der Waals surface area contributed by atoms with Crippen LogP contribution < -0.4 is 5.32 Å². The molecule has 100 valence electrons. The number of benzene rings is 1. The summed E-state index contributed by atoms with van der Waals surface area (Å²) >= 11 is 1.46. The highest BCUT2D eigenvalue weighted by Crippen LogP contribution is 2.25. The number of nitrogens with one attached hydrogen (secondary N) is 1. The molecule has 2 heterocycles. The molecule has 1 atom stereocenters. The van der Waals surface area contributed by atoms with E-state index in [1.54, 1.807) is 23.7 Å². The molecule has 20 heavy (non-hydrogen) atoms. The number of hydrogen-bond donors (Lipinski definition) is 1. The molecule has 1 aromatic carbocycles. The lowest BCUT2D eigenvalue weighted by molar-refractivity contribution is -0.122. The number of ketones is 1. The van der Waals surface area contributed by atoms with Crippen molar-refractivity contribution >= 4 is 34.9 Å². The molecule has 5 nitrogen and oxygen atoms in total. The second kappa shape index (κ2) is 5.34. The van der Waals surface area contributed by atoms with Crippen molar-refractivity contribution in [1.82, 2.24) is 10.3 Å². The number of thiazole rings is 1. The van der Waals surface area contributed by atoms with Gasteiger partial charge < -0.3 is 5.32 Å². The highest BCUT2D eigenvalue weighted by molar-refractivity contribution is 7.07. The van der Waals surface area contributed by atoms with Crippen LogP contribution in [0.4, 0.5) is 5.69 Å². The molecule has 1 unspecified atom stereocenters. The summed E-state index contributed by atoms with van der Waals surface area (Å²) in [5.74, 6) is -1.42. The van der Waals surface area contributed by atoms with Crippen LogP contribution >= 0.6 is 11.3 Å². The van der Waals surface area contributed by atoms with Crippen molar-refractivity contribution < 1.29 is 9.59 Å². The number of hydrogen-bond acceptors (Lipinski definition) is 5. The maximum Gasteiger partial charge on any atom is 0.236 e. The van der Waals surface area contributed by atoms with E-state index in [0.29, 0.717) is 17.8 Å². The Hall–Kier alpha value is -2.34. The summed E-state index contributed by atoms with van der Waals surface area (Å²) in [6.45, 7) is 0.321. The second-order valence-corrected chi connectivity index (χ2v) is 5.05. The van der Waals surface area contributed by atoms with Gasteiger partial charge in [-0.25, -0.2) is 4.98 Å². The molecular weight excluding hydrogens is 274 g/mol. The fraction of sp³-hybridized carbons (Fsp3) is 0.143. The van der Waals surface area contributed by atoms with Crippen LogP contribution in [-0.4, -0.2) is 22.9 Å². The molecule has 0 saturated heterocycles. The summed E-state index contributed by atoms with van der Waals surface area (Å²) in [5.41, 5.74) is 3.58. The Morgan fingerprint density at radius 1 is 1.35 bits per heavy atom. The topological polar surface area (TPSA) is 71.4 Å². The average Bonchev–Trinajstić information content (AvgIpc) is 2.99. The van der Waals surface area contributed by atoms with Gasteiger partial charge in [-0.15, -0.1) is 11.3 Å². The zero-order valence-electron chi connectivity index (χ0n) is 10.4. The van der Waals surface area contributed by atoms with Gasteiger partial charge in [0, 0.05) is 17.2 Å². The molecule has 1 aliphatic heterocycles. The Labute approximate surface area is 119 Å². The first-order valence-corrected chi connectivity index (χ1v) is 7.02. The molecular formula is C14H11N3O2S. The van der Waals surface area contributed by atoms with Gasteiger partial charge in [0.15, 0.2) is 5.78 Å². The summed E-state index contributed by atoms with van der Waals surface area (Å²) < 4.78 is 0. The Bertz CT molecular complexity index is 679. The quantitative estimate of drug-likeness (QED) is 0.876. The number of aromatic nitrogens is 1. The van der Waals surface area contributed by atoms with E-state index < -0.39 is 5.92 Å². The average molecular weight is 285 g/mol. The van der Waals surface area contributed by atoms with Crippen molar-refractivity contribution in [3.8, 4) is 0 Å². The van der Waals surface area contributed by atoms with E-state index in [1.807, 2.05) is 11.4 Å². The molecule has 1 aliphatic rings. The Morgan fingerprint density at radius 2 is 2.20 bits per heavy atom. The molecule has 0 spiro atoms. The van der Waals surface area contributed by atoms with E-state index in [9.17, 15) is 9.59 Å². The van der Waals surface area contributed by atoms with Crippen LogP contribution in [0.15, 0.2) is 40.1 Å². The van der Waals surface area contributed by atoms with Crippen LogP contribution in [0.2, 0.25) is 0 Å². The Kier molecular flexibility index (Phi) is 3.39. The molecule has 1 aromatic heterocycles. The number of rotatable bonds is 3. The van der Waals surface area contributed by atoms with Gasteiger partial charge in [-0.1, -0.05) is 12.1 Å². The lowest BCUT2D eigenvalue weighted by Gasteiger charge is -2.16. The number of amides is 1. The number of para-hydroxylation sites is 1. The third-order valence-electron chi connectivity index (χ3n) is 3.02. The van der Waals surface area contributed by atoms with Crippen molar-refractivity contribution in [2.45, 2.75) is 6.54 Å². The number of Topliss-reactive ketones (excluding diaryl/α,β-unsaturated/α-hetero) is 1. The molecule has 0 fully saturated rings. The lowest BCUT2D eigenvalue weighted by atomic mass is 9.94. The van der Waals surface area contributed by atoms with Gasteiger partial charge in [0.05, 0.1) is 23.4 Å². The predicted molar refractivity (Wildman–Crippen MR) is 76.4 cm³/mol. The maximum absolute atomic E-state index is 12.3. The summed E-state index contributed by atoms with van der Waals surface area (Å²) in [7, 11) is 0. The molecule has 0 bridgehead atoms. The van der Waals surface area contributed by atoms with Crippen molar-refractivity contribution in [3.05, 3.63) is 46.4 Å². The molecule has 3 rings (SSSR count). The second-order valence-electron chi connectivity index (χ2n) is 4.33. The van der Waals surface area contributed by atoms with Crippen molar-refractivity contribution in [3.63, 3.8) is 0 Å². The van der Waals surface area contributed by atoms with Crippen LogP contribution in [0.3, 0.4) is 0 Å². The van der Waals surface area contributed by atoms with Crippen LogP contribution in [0.1, 0.15) is 16.1 Å². The fourth-order valence-corrected chi connectivity index (χ4v) is 2.54. The molecule has 6 heteroatoms. The van der Waals surface area contributed by atoms with Crippen molar-refractivity contribution in [2.24, 2.45) is 10.9 Å². The minimum Gasteiger partial charge on any atom is -0.349 e. The number of nitrogens with zero attached hydrogens (tertiary/aromatic N) is 2. The van der Waals surface area contributed by atoms with E-state index in [2.05, 4.69) is 15.3 Å². The SMILES string of the molecule is O=C(NCc1cscn1)C1C=Nc2ccccc2C1=O. The van der Waals surface area contributed by atoms with Crippen LogP contribution in [-0.2, 0) is 11.3 Å². The molecule has 0 saturated carbocycles. The highest BCUT2D eigenvalue weighted by Gasteiger charge is 2.30. The Balaban J connectivity index is 1.72. The zero-order valence-corrected chi connectivity index (χ0v) is 11.3. The maximum atomic E-state index is 12.3. The number of aliphatic imine (C=N–C) groups is 1. The standard InChI is InChI=1S/C14H11N3O2S/c18-13-10-3-1-2-4-12(10)15-6-11(13)14(19)16-5-9-7-20-8-17-9/h1-4,6-8,11H,5H2,(H,16,19).